The number of carboxylic acids is 1. The van der Waals surface area contributed by atoms with Crippen LogP contribution in [0.25, 0.3) is 0 Å². The van der Waals surface area contributed by atoms with Crippen molar-refractivity contribution >= 4 is 17.7 Å². The molecule has 1 aliphatic heterocycles. The summed E-state index contributed by atoms with van der Waals surface area (Å²) in [6.45, 7) is 1.66. The van der Waals surface area contributed by atoms with E-state index in [1.165, 1.54) is 0 Å². The van der Waals surface area contributed by atoms with E-state index in [2.05, 4.69) is 10.6 Å². The Morgan fingerprint density at radius 1 is 1.32 bits per heavy atom. The van der Waals surface area contributed by atoms with Crippen LogP contribution in [0.2, 0.25) is 0 Å². The molecule has 1 atom stereocenters. The maximum Gasteiger partial charge on any atom is 0.319 e. The van der Waals surface area contributed by atoms with Crippen LogP contribution in [0, 0.1) is 0 Å². The summed E-state index contributed by atoms with van der Waals surface area (Å²) in [6, 6.07) is 6.73. The van der Waals surface area contributed by atoms with Gasteiger partial charge in [0.1, 0.15) is 11.9 Å². The number of carbonyl (C=O) groups is 2. The summed E-state index contributed by atoms with van der Waals surface area (Å²) in [5, 5.41) is 13.8. The molecule has 0 bridgehead atoms. The lowest BCUT2D eigenvalue weighted by molar-refractivity contribution is -0.137. The largest absolute Gasteiger partial charge is 0.488 e. The quantitative estimate of drug-likeness (QED) is 0.668. The van der Waals surface area contributed by atoms with Crippen LogP contribution >= 0.6 is 0 Å². The number of rotatable bonds is 7. The molecule has 7 heteroatoms. The van der Waals surface area contributed by atoms with Gasteiger partial charge in [-0.25, -0.2) is 4.79 Å². The molecule has 1 aliphatic rings. The summed E-state index contributed by atoms with van der Waals surface area (Å²) >= 11 is 0. The Hall–Kier alpha value is -2.28. The first kappa shape index (κ1) is 16.1. The third-order valence-electron chi connectivity index (χ3n) is 3.16. The first-order valence-corrected chi connectivity index (χ1v) is 7.24. The van der Waals surface area contributed by atoms with E-state index in [0.717, 1.165) is 18.8 Å². The lowest BCUT2D eigenvalue weighted by Crippen LogP contribution is -2.29. The van der Waals surface area contributed by atoms with Gasteiger partial charge in [0, 0.05) is 25.1 Å². The number of benzene rings is 1. The second kappa shape index (κ2) is 8.23. The smallest absolute Gasteiger partial charge is 0.319 e. The number of urea groups is 1. The van der Waals surface area contributed by atoms with E-state index in [-0.39, 0.29) is 18.6 Å². The summed E-state index contributed by atoms with van der Waals surface area (Å²) in [4.78, 5) is 21.9. The molecule has 1 saturated heterocycles. The van der Waals surface area contributed by atoms with Crippen molar-refractivity contribution in [3.05, 3.63) is 24.3 Å². The lowest BCUT2D eigenvalue weighted by atomic mass is 10.3. The van der Waals surface area contributed by atoms with Gasteiger partial charge in [0.05, 0.1) is 13.2 Å². The molecule has 1 unspecified atom stereocenters. The Morgan fingerprint density at radius 2 is 2.09 bits per heavy atom. The number of hydrogen-bond donors (Lipinski definition) is 3. The molecule has 0 aromatic heterocycles. The highest BCUT2D eigenvalue weighted by Crippen LogP contribution is 2.19. The molecule has 0 radical (unpaired) electrons. The molecule has 1 heterocycles. The normalized spacial score (nSPS) is 17.0. The average Bonchev–Trinajstić information content (AvgIpc) is 2.98. The fraction of sp³-hybridized carbons (Fsp3) is 0.467. The minimum atomic E-state index is -0.870. The van der Waals surface area contributed by atoms with Crippen LogP contribution in [0.1, 0.15) is 19.3 Å². The zero-order valence-corrected chi connectivity index (χ0v) is 12.2. The van der Waals surface area contributed by atoms with Crippen LogP contribution in [0.15, 0.2) is 24.3 Å². The van der Waals surface area contributed by atoms with Gasteiger partial charge in [-0.3, -0.25) is 4.79 Å². The predicted octanol–water partition coefficient (Wildman–Crippen LogP) is 1.84. The average molecular weight is 308 g/mol. The highest BCUT2D eigenvalue weighted by Gasteiger charge is 2.16. The molecular weight excluding hydrogens is 288 g/mol. The molecule has 1 aromatic carbocycles. The molecule has 0 spiro atoms. The SMILES string of the molecule is O=C(O)CCCNC(=O)Nc1ccc(OC2CCOC2)cc1. The Balaban J connectivity index is 1.70. The Bertz CT molecular complexity index is 497. The minimum Gasteiger partial charge on any atom is -0.488 e. The van der Waals surface area contributed by atoms with Gasteiger partial charge in [-0.1, -0.05) is 0 Å². The molecule has 3 N–H and O–H groups in total. The van der Waals surface area contributed by atoms with Gasteiger partial charge in [0.25, 0.3) is 0 Å². The molecule has 120 valence electrons. The van der Waals surface area contributed by atoms with Crippen LogP contribution in [-0.2, 0) is 9.53 Å². The third-order valence-corrected chi connectivity index (χ3v) is 3.16. The van der Waals surface area contributed by atoms with Crippen molar-refractivity contribution in [2.24, 2.45) is 0 Å². The van der Waals surface area contributed by atoms with Crippen LogP contribution in [-0.4, -0.2) is 43.0 Å². The van der Waals surface area contributed by atoms with Gasteiger partial charge < -0.3 is 25.2 Å². The summed E-state index contributed by atoms with van der Waals surface area (Å²) < 4.78 is 11.0. The van der Waals surface area contributed by atoms with Gasteiger partial charge >= 0.3 is 12.0 Å². The first-order valence-electron chi connectivity index (χ1n) is 7.24. The highest BCUT2D eigenvalue weighted by atomic mass is 16.5. The van der Waals surface area contributed by atoms with Crippen molar-refractivity contribution in [2.45, 2.75) is 25.4 Å². The molecule has 0 aliphatic carbocycles. The number of anilines is 1. The van der Waals surface area contributed by atoms with Crippen molar-refractivity contribution in [3.8, 4) is 5.75 Å². The van der Waals surface area contributed by atoms with E-state index in [0.29, 0.717) is 25.3 Å². The number of aliphatic carboxylic acids is 1. The van der Waals surface area contributed by atoms with Crippen molar-refractivity contribution in [2.75, 3.05) is 25.1 Å². The van der Waals surface area contributed by atoms with E-state index in [9.17, 15) is 9.59 Å². The maximum atomic E-state index is 11.6. The number of hydrogen-bond acceptors (Lipinski definition) is 4. The number of ether oxygens (including phenoxy) is 2. The fourth-order valence-corrected chi connectivity index (χ4v) is 2.03. The lowest BCUT2D eigenvalue weighted by Gasteiger charge is -2.12. The topological polar surface area (TPSA) is 96.9 Å². The molecule has 0 saturated carbocycles. The van der Waals surface area contributed by atoms with E-state index in [4.69, 9.17) is 14.6 Å². The van der Waals surface area contributed by atoms with E-state index < -0.39 is 5.97 Å². The van der Waals surface area contributed by atoms with Gasteiger partial charge in [-0.2, -0.15) is 0 Å². The third kappa shape index (κ3) is 5.61. The van der Waals surface area contributed by atoms with Gasteiger partial charge in [-0.15, -0.1) is 0 Å². The highest BCUT2D eigenvalue weighted by molar-refractivity contribution is 5.89. The fourth-order valence-electron chi connectivity index (χ4n) is 2.03. The van der Waals surface area contributed by atoms with Crippen molar-refractivity contribution in [3.63, 3.8) is 0 Å². The zero-order chi connectivity index (χ0) is 15.8. The standard InChI is InChI=1S/C15H20N2O5/c18-14(19)2-1-8-16-15(20)17-11-3-5-12(6-4-11)22-13-7-9-21-10-13/h3-6,13H,1-2,7-10H2,(H,18,19)(H2,16,17,20). The van der Waals surface area contributed by atoms with Crippen LogP contribution in [0.4, 0.5) is 10.5 Å². The molecule has 7 nitrogen and oxygen atoms in total. The molecule has 1 fully saturated rings. The van der Waals surface area contributed by atoms with Crippen LogP contribution < -0.4 is 15.4 Å². The van der Waals surface area contributed by atoms with E-state index in [1.807, 2.05) is 0 Å². The van der Waals surface area contributed by atoms with Crippen LogP contribution in [0.3, 0.4) is 0 Å². The first-order chi connectivity index (χ1) is 10.6. The summed E-state index contributed by atoms with van der Waals surface area (Å²) in [5.74, 6) is -0.131. The number of carboxylic acid groups (broad SMARTS) is 1. The van der Waals surface area contributed by atoms with E-state index >= 15 is 0 Å². The number of amides is 2. The molecule has 2 amide bonds. The second-order valence-corrected chi connectivity index (χ2v) is 5.01. The van der Waals surface area contributed by atoms with Crippen molar-refractivity contribution in [1.29, 1.82) is 0 Å². The Labute approximate surface area is 128 Å². The number of carbonyl (C=O) groups excluding carboxylic acids is 1. The number of nitrogens with one attached hydrogen (secondary N) is 2. The monoisotopic (exact) mass is 308 g/mol. The van der Waals surface area contributed by atoms with Crippen LogP contribution in [0.5, 0.6) is 5.75 Å². The van der Waals surface area contributed by atoms with Gasteiger partial charge in [0.15, 0.2) is 0 Å². The van der Waals surface area contributed by atoms with E-state index in [1.54, 1.807) is 24.3 Å². The Morgan fingerprint density at radius 3 is 2.73 bits per heavy atom. The second-order valence-electron chi connectivity index (χ2n) is 5.01. The molecular formula is C15H20N2O5. The summed E-state index contributed by atoms with van der Waals surface area (Å²) in [7, 11) is 0. The summed E-state index contributed by atoms with van der Waals surface area (Å²) in [5.41, 5.74) is 0.644. The molecule has 22 heavy (non-hydrogen) atoms. The van der Waals surface area contributed by atoms with Crippen molar-refractivity contribution < 1.29 is 24.2 Å². The molecule has 2 rings (SSSR count). The zero-order valence-electron chi connectivity index (χ0n) is 12.2. The predicted molar refractivity (Wildman–Crippen MR) is 80.2 cm³/mol. The van der Waals surface area contributed by atoms with Crippen molar-refractivity contribution in [1.82, 2.24) is 5.32 Å². The summed E-state index contributed by atoms with van der Waals surface area (Å²) in [6.07, 6.45) is 1.42. The Kier molecular flexibility index (Phi) is 6.02. The molecule has 1 aromatic rings. The maximum absolute atomic E-state index is 11.6. The minimum absolute atomic E-state index is 0.0389. The van der Waals surface area contributed by atoms with Gasteiger partial charge in [-0.05, 0) is 30.7 Å². The van der Waals surface area contributed by atoms with Gasteiger partial charge in [0.2, 0.25) is 0 Å².